The van der Waals surface area contributed by atoms with Crippen LogP contribution < -0.4 is 15.5 Å². The van der Waals surface area contributed by atoms with Gasteiger partial charge in [-0.25, -0.2) is 0 Å². The number of rotatable bonds is 6. The Bertz CT molecular complexity index is 512. The topological polar surface area (TPSA) is 62.6 Å². The van der Waals surface area contributed by atoms with E-state index in [-0.39, 0.29) is 24.4 Å². The summed E-state index contributed by atoms with van der Waals surface area (Å²) in [6, 6.07) is 6.07. The number of amides is 2. The second-order valence-electron chi connectivity index (χ2n) is 5.90. The molecule has 0 saturated heterocycles. The highest BCUT2D eigenvalue weighted by Crippen LogP contribution is 2.15. The fourth-order valence-corrected chi connectivity index (χ4v) is 2.05. The van der Waals surface area contributed by atoms with Gasteiger partial charge in [0, 0.05) is 11.7 Å². The standard InChI is InChI=1S/C16H25N3O2/c1-11(2)17-15(20)9-19(5)10-16(21)18-14-8-12(3)6-7-13(14)4/h6-8,11H,9-10H2,1-5H3,(H,17,20)(H,18,21)/p+1. The fraction of sp³-hybridized carbons (Fsp3) is 0.500. The third kappa shape index (κ3) is 6.40. The van der Waals surface area contributed by atoms with Gasteiger partial charge in [-0.05, 0) is 44.9 Å². The van der Waals surface area contributed by atoms with Crippen LogP contribution in [0.1, 0.15) is 25.0 Å². The summed E-state index contributed by atoms with van der Waals surface area (Å²) in [6.07, 6.45) is 0. The van der Waals surface area contributed by atoms with Crippen molar-refractivity contribution >= 4 is 17.5 Å². The minimum Gasteiger partial charge on any atom is -0.349 e. The first-order chi connectivity index (χ1) is 9.77. The van der Waals surface area contributed by atoms with Gasteiger partial charge in [0.15, 0.2) is 13.1 Å². The van der Waals surface area contributed by atoms with E-state index in [0.717, 1.165) is 21.7 Å². The lowest BCUT2D eigenvalue weighted by Gasteiger charge is -2.15. The number of nitrogens with one attached hydrogen (secondary N) is 3. The van der Waals surface area contributed by atoms with Gasteiger partial charge in [-0.15, -0.1) is 0 Å². The molecule has 21 heavy (non-hydrogen) atoms. The van der Waals surface area contributed by atoms with E-state index in [1.165, 1.54) is 0 Å². The Balaban J connectivity index is 2.49. The third-order valence-corrected chi connectivity index (χ3v) is 3.04. The molecule has 1 aromatic carbocycles. The molecule has 1 rings (SSSR count). The molecule has 0 saturated carbocycles. The van der Waals surface area contributed by atoms with Crippen molar-refractivity contribution in [1.82, 2.24) is 5.32 Å². The van der Waals surface area contributed by atoms with Crippen molar-refractivity contribution in [2.75, 3.05) is 25.5 Å². The molecule has 0 aliphatic carbocycles. The lowest BCUT2D eigenvalue weighted by molar-refractivity contribution is -0.862. The Morgan fingerprint density at radius 1 is 1.14 bits per heavy atom. The van der Waals surface area contributed by atoms with Crippen LogP contribution in [0.2, 0.25) is 0 Å². The number of likely N-dealkylation sites (N-methyl/N-ethyl adjacent to an activating group) is 1. The second kappa shape index (κ2) is 7.78. The number of carbonyl (C=O) groups excluding carboxylic acids is 2. The summed E-state index contributed by atoms with van der Waals surface area (Å²) < 4.78 is 0. The Kier molecular flexibility index (Phi) is 6.37. The number of hydrogen-bond acceptors (Lipinski definition) is 2. The van der Waals surface area contributed by atoms with Gasteiger partial charge in [-0.3, -0.25) is 9.59 Å². The van der Waals surface area contributed by atoms with Gasteiger partial charge in [0.1, 0.15) is 0 Å². The van der Waals surface area contributed by atoms with Crippen LogP contribution in [0.5, 0.6) is 0 Å². The van der Waals surface area contributed by atoms with Crippen LogP contribution in [0.3, 0.4) is 0 Å². The minimum atomic E-state index is -0.0847. The van der Waals surface area contributed by atoms with Gasteiger partial charge in [0.05, 0.1) is 7.05 Å². The summed E-state index contributed by atoms with van der Waals surface area (Å²) in [5.41, 5.74) is 2.97. The van der Waals surface area contributed by atoms with E-state index in [4.69, 9.17) is 0 Å². The zero-order valence-electron chi connectivity index (χ0n) is 13.5. The number of hydrogen-bond donors (Lipinski definition) is 3. The van der Waals surface area contributed by atoms with E-state index < -0.39 is 0 Å². The molecule has 3 N–H and O–H groups in total. The lowest BCUT2D eigenvalue weighted by Crippen LogP contribution is -3.11. The van der Waals surface area contributed by atoms with E-state index in [2.05, 4.69) is 10.6 Å². The van der Waals surface area contributed by atoms with E-state index in [9.17, 15) is 9.59 Å². The van der Waals surface area contributed by atoms with Crippen molar-refractivity contribution in [3.05, 3.63) is 29.3 Å². The Hall–Kier alpha value is -1.88. The lowest BCUT2D eigenvalue weighted by atomic mass is 10.1. The molecule has 1 atom stereocenters. The predicted molar refractivity (Wildman–Crippen MR) is 84.4 cm³/mol. The molecular weight excluding hydrogens is 266 g/mol. The SMILES string of the molecule is Cc1ccc(C)c(NC(=O)C[NH+](C)CC(=O)NC(C)C)c1. The molecule has 116 valence electrons. The normalized spacial score (nSPS) is 12.1. The summed E-state index contributed by atoms with van der Waals surface area (Å²) in [7, 11) is 1.84. The number of benzene rings is 1. The molecule has 0 aromatic heterocycles. The maximum absolute atomic E-state index is 12.0. The van der Waals surface area contributed by atoms with Crippen LogP contribution in [0.25, 0.3) is 0 Å². The molecule has 0 radical (unpaired) electrons. The molecule has 1 aromatic rings. The second-order valence-corrected chi connectivity index (χ2v) is 5.90. The van der Waals surface area contributed by atoms with Gasteiger partial charge in [-0.2, -0.15) is 0 Å². The zero-order chi connectivity index (χ0) is 16.0. The highest BCUT2D eigenvalue weighted by Gasteiger charge is 2.15. The van der Waals surface area contributed by atoms with Crippen molar-refractivity contribution in [3.8, 4) is 0 Å². The first kappa shape index (κ1) is 17.2. The number of anilines is 1. The van der Waals surface area contributed by atoms with Gasteiger partial charge < -0.3 is 15.5 Å². The van der Waals surface area contributed by atoms with Crippen molar-refractivity contribution in [1.29, 1.82) is 0 Å². The van der Waals surface area contributed by atoms with Crippen LogP contribution in [-0.2, 0) is 9.59 Å². The van der Waals surface area contributed by atoms with E-state index in [0.29, 0.717) is 6.54 Å². The van der Waals surface area contributed by atoms with Crippen molar-refractivity contribution < 1.29 is 14.5 Å². The number of quaternary nitrogens is 1. The summed E-state index contributed by atoms with van der Waals surface area (Å²) >= 11 is 0. The van der Waals surface area contributed by atoms with Gasteiger partial charge in [-0.1, -0.05) is 12.1 Å². The summed E-state index contributed by atoms with van der Waals surface area (Å²) in [5, 5.41) is 5.73. The molecule has 0 aliphatic rings. The average molecular weight is 292 g/mol. The molecular formula is C16H26N3O2+. The van der Waals surface area contributed by atoms with Crippen molar-refractivity contribution in [2.24, 2.45) is 0 Å². The van der Waals surface area contributed by atoms with E-state index in [1.54, 1.807) is 0 Å². The highest BCUT2D eigenvalue weighted by molar-refractivity contribution is 5.92. The monoisotopic (exact) mass is 292 g/mol. The molecule has 5 heteroatoms. The molecule has 0 spiro atoms. The largest absolute Gasteiger partial charge is 0.349 e. The molecule has 0 aliphatic heterocycles. The van der Waals surface area contributed by atoms with Gasteiger partial charge in [0.25, 0.3) is 11.8 Å². The van der Waals surface area contributed by atoms with Crippen molar-refractivity contribution in [2.45, 2.75) is 33.7 Å². The van der Waals surface area contributed by atoms with Crippen LogP contribution in [0.15, 0.2) is 18.2 Å². The Morgan fingerprint density at radius 3 is 2.38 bits per heavy atom. The maximum atomic E-state index is 12.0. The Labute approximate surface area is 126 Å². The fourth-order valence-electron chi connectivity index (χ4n) is 2.05. The van der Waals surface area contributed by atoms with Crippen LogP contribution >= 0.6 is 0 Å². The smallest absolute Gasteiger partial charge is 0.279 e. The summed E-state index contributed by atoms with van der Waals surface area (Å²) in [5.74, 6) is -0.124. The molecule has 0 fully saturated rings. The molecule has 2 amide bonds. The first-order valence-corrected chi connectivity index (χ1v) is 7.25. The van der Waals surface area contributed by atoms with E-state index >= 15 is 0 Å². The van der Waals surface area contributed by atoms with Crippen LogP contribution in [0, 0.1) is 13.8 Å². The average Bonchev–Trinajstić information content (AvgIpc) is 2.32. The summed E-state index contributed by atoms with van der Waals surface area (Å²) in [6.45, 7) is 8.34. The van der Waals surface area contributed by atoms with Gasteiger partial charge >= 0.3 is 0 Å². The zero-order valence-corrected chi connectivity index (χ0v) is 13.5. The molecule has 5 nitrogen and oxygen atoms in total. The van der Waals surface area contributed by atoms with Gasteiger partial charge in [0.2, 0.25) is 0 Å². The van der Waals surface area contributed by atoms with E-state index in [1.807, 2.05) is 52.9 Å². The number of aryl methyl sites for hydroxylation is 2. The third-order valence-electron chi connectivity index (χ3n) is 3.04. The minimum absolute atomic E-state index is 0.0398. The maximum Gasteiger partial charge on any atom is 0.279 e. The quantitative estimate of drug-likeness (QED) is 0.705. The van der Waals surface area contributed by atoms with Crippen LogP contribution in [0.4, 0.5) is 5.69 Å². The van der Waals surface area contributed by atoms with Crippen molar-refractivity contribution in [3.63, 3.8) is 0 Å². The van der Waals surface area contributed by atoms with Crippen LogP contribution in [-0.4, -0.2) is 38.0 Å². The first-order valence-electron chi connectivity index (χ1n) is 7.25. The highest BCUT2D eigenvalue weighted by atomic mass is 16.2. The molecule has 1 unspecified atom stereocenters. The Morgan fingerprint density at radius 2 is 1.76 bits per heavy atom. The number of carbonyl (C=O) groups is 2. The predicted octanol–water partition coefficient (Wildman–Crippen LogP) is 0.281. The summed E-state index contributed by atoms with van der Waals surface area (Å²) in [4.78, 5) is 24.5. The molecule has 0 bridgehead atoms. The molecule has 0 heterocycles.